The summed E-state index contributed by atoms with van der Waals surface area (Å²) < 4.78 is 0. The minimum atomic E-state index is 0.155. The van der Waals surface area contributed by atoms with E-state index in [1.165, 1.54) is 37.7 Å². The third-order valence-electron chi connectivity index (χ3n) is 7.42. The van der Waals surface area contributed by atoms with Crippen molar-refractivity contribution in [3.8, 4) is 6.07 Å². The van der Waals surface area contributed by atoms with Crippen LogP contribution in [0.25, 0.3) is 0 Å². The molecule has 2 aromatic rings. The van der Waals surface area contributed by atoms with Gasteiger partial charge < -0.3 is 9.80 Å². The van der Waals surface area contributed by atoms with Crippen molar-refractivity contribution in [3.05, 3.63) is 59.3 Å². The van der Waals surface area contributed by atoms with Crippen LogP contribution in [0.2, 0.25) is 0 Å². The van der Waals surface area contributed by atoms with Crippen molar-refractivity contribution in [2.45, 2.75) is 44.1 Å². The maximum absolute atomic E-state index is 12.9. The predicted molar refractivity (Wildman–Crippen MR) is 125 cm³/mol. The molecule has 6 heteroatoms. The Hall–Kier alpha value is -2.91. The molecule has 1 aromatic heterocycles. The van der Waals surface area contributed by atoms with Crippen molar-refractivity contribution < 1.29 is 4.79 Å². The Morgan fingerprint density at radius 3 is 2.38 bits per heavy atom. The zero-order valence-corrected chi connectivity index (χ0v) is 18.6. The molecule has 6 nitrogen and oxygen atoms in total. The van der Waals surface area contributed by atoms with E-state index in [0.717, 1.165) is 50.6 Å². The summed E-state index contributed by atoms with van der Waals surface area (Å²) in [4.78, 5) is 24.0. The number of carbonyl (C=O) groups excluding carboxylic acids is 1. The van der Waals surface area contributed by atoms with Gasteiger partial charge >= 0.3 is 0 Å². The van der Waals surface area contributed by atoms with Gasteiger partial charge in [0.15, 0.2) is 0 Å². The Morgan fingerprint density at radius 2 is 1.69 bits per heavy atom. The lowest BCUT2D eigenvalue weighted by Gasteiger charge is -2.48. The van der Waals surface area contributed by atoms with Crippen LogP contribution in [0.3, 0.4) is 0 Å². The van der Waals surface area contributed by atoms with Gasteiger partial charge in [0.25, 0.3) is 5.91 Å². The van der Waals surface area contributed by atoms with Gasteiger partial charge in [-0.3, -0.25) is 9.69 Å². The van der Waals surface area contributed by atoms with Crippen LogP contribution >= 0.6 is 0 Å². The van der Waals surface area contributed by atoms with Crippen LogP contribution in [-0.4, -0.2) is 66.0 Å². The van der Waals surface area contributed by atoms with Gasteiger partial charge in [0.1, 0.15) is 11.9 Å². The Morgan fingerprint density at radius 1 is 0.969 bits per heavy atom. The summed E-state index contributed by atoms with van der Waals surface area (Å²) in [7, 11) is 0. The van der Waals surface area contributed by atoms with Gasteiger partial charge in [-0.1, -0.05) is 31.4 Å². The highest BCUT2D eigenvalue weighted by molar-refractivity contribution is 5.94. The fourth-order valence-corrected chi connectivity index (χ4v) is 5.40. The molecule has 0 N–H and O–H groups in total. The van der Waals surface area contributed by atoms with E-state index in [2.05, 4.69) is 33.0 Å². The third kappa shape index (κ3) is 4.22. The van der Waals surface area contributed by atoms with Crippen LogP contribution in [0, 0.1) is 11.3 Å². The number of aromatic nitrogens is 1. The molecule has 0 atom stereocenters. The molecule has 3 aliphatic rings. The van der Waals surface area contributed by atoms with Crippen LogP contribution in [0.4, 0.5) is 5.82 Å². The molecule has 0 unspecified atom stereocenters. The zero-order valence-electron chi connectivity index (χ0n) is 18.6. The first kappa shape index (κ1) is 21.0. The third-order valence-corrected chi connectivity index (χ3v) is 7.42. The molecule has 0 radical (unpaired) electrons. The molecule has 1 aromatic carbocycles. The molecule has 3 fully saturated rings. The van der Waals surface area contributed by atoms with Crippen LogP contribution in [0.1, 0.15) is 59.5 Å². The van der Waals surface area contributed by atoms with Gasteiger partial charge in [0.2, 0.25) is 0 Å². The highest BCUT2D eigenvalue weighted by Gasteiger charge is 2.36. The van der Waals surface area contributed by atoms with Gasteiger partial charge in [0.05, 0.1) is 5.56 Å². The highest BCUT2D eigenvalue weighted by atomic mass is 16.2. The lowest BCUT2D eigenvalue weighted by Crippen LogP contribution is -2.64. The van der Waals surface area contributed by atoms with Crippen molar-refractivity contribution >= 4 is 11.7 Å². The number of piperazine rings is 1. The molecule has 1 aliphatic carbocycles. The van der Waals surface area contributed by atoms with Crippen molar-refractivity contribution in [2.75, 3.05) is 44.2 Å². The molecule has 2 aliphatic heterocycles. The largest absolute Gasteiger partial charge is 0.353 e. The van der Waals surface area contributed by atoms with Gasteiger partial charge in [-0.15, -0.1) is 0 Å². The summed E-state index contributed by atoms with van der Waals surface area (Å²) in [5.41, 5.74) is 2.84. The second-order valence-corrected chi connectivity index (χ2v) is 9.33. The molecule has 0 bridgehead atoms. The van der Waals surface area contributed by atoms with Crippen molar-refractivity contribution in [3.63, 3.8) is 0 Å². The topological polar surface area (TPSA) is 63.5 Å². The molecule has 32 heavy (non-hydrogen) atoms. The Labute approximate surface area is 190 Å². The summed E-state index contributed by atoms with van der Waals surface area (Å²) >= 11 is 0. The van der Waals surface area contributed by atoms with Crippen LogP contribution in [-0.2, 0) is 0 Å². The van der Waals surface area contributed by atoms with E-state index in [9.17, 15) is 10.1 Å². The lowest BCUT2D eigenvalue weighted by molar-refractivity contribution is 0.0246. The minimum absolute atomic E-state index is 0.155. The summed E-state index contributed by atoms with van der Waals surface area (Å²) in [5, 5.41) is 9.33. The summed E-state index contributed by atoms with van der Waals surface area (Å²) in [5.74, 6) is 1.62. The van der Waals surface area contributed by atoms with Crippen molar-refractivity contribution in [1.82, 2.24) is 14.8 Å². The van der Waals surface area contributed by atoms with E-state index in [-0.39, 0.29) is 5.91 Å². The van der Waals surface area contributed by atoms with E-state index in [0.29, 0.717) is 17.5 Å². The van der Waals surface area contributed by atoms with E-state index in [1.807, 2.05) is 29.2 Å². The number of amides is 1. The molecule has 0 spiro atoms. The Kier molecular flexibility index (Phi) is 6.09. The number of pyridine rings is 1. The van der Waals surface area contributed by atoms with Crippen LogP contribution in [0.5, 0.6) is 0 Å². The average Bonchev–Trinajstić information content (AvgIpc) is 2.84. The quantitative estimate of drug-likeness (QED) is 0.742. The first-order chi connectivity index (χ1) is 15.7. The number of hydrogen-bond acceptors (Lipinski definition) is 5. The minimum Gasteiger partial charge on any atom is -0.353 e. The number of anilines is 1. The normalized spacial score (nSPS) is 20.6. The van der Waals surface area contributed by atoms with Crippen LogP contribution < -0.4 is 4.90 Å². The van der Waals surface area contributed by atoms with Gasteiger partial charge in [0, 0.05) is 57.1 Å². The first-order valence-corrected chi connectivity index (χ1v) is 12.0. The standard InChI is InChI=1S/C26H31N5O/c27-17-23-7-4-12-28-25(23)30-15-13-29(14-16-30)24-18-31(19-24)26(32)22-10-8-21(9-11-22)20-5-2-1-3-6-20/h4,7-12,20,24H,1-3,5-6,13-16,18-19H2. The zero-order chi connectivity index (χ0) is 21.9. The Bertz CT molecular complexity index is 978. The number of hydrogen-bond donors (Lipinski definition) is 0. The summed E-state index contributed by atoms with van der Waals surface area (Å²) in [6.07, 6.45) is 8.34. The maximum atomic E-state index is 12.9. The fraction of sp³-hybridized carbons (Fsp3) is 0.500. The molecule has 1 saturated carbocycles. The summed E-state index contributed by atoms with van der Waals surface area (Å²) in [6.45, 7) is 5.19. The number of carbonyl (C=O) groups is 1. The molecule has 2 saturated heterocycles. The number of rotatable bonds is 4. The van der Waals surface area contributed by atoms with Crippen molar-refractivity contribution in [2.24, 2.45) is 0 Å². The van der Waals surface area contributed by atoms with Gasteiger partial charge in [-0.05, 0) is 48.6 Å². The second kappa shape index (κ2) is 9.30. The molecular weight excluding hydrogens is 398 g/mol. The van der Waals surface area contributed by atoms with E-state index in [4.69, 9.17) is 0 Å². The monoisotopic (exact) mass is 429 g/mol. The molecular formula is C26H31N5O. The number of nitrogens with zero attached hydrogens (tertiary/aromatic N) is 5. The maximum Gasteiger partial charge on any atom is 0.253 e. The average molecular weight is 430 g/mol. The van der Waals surface area contributed by atoms with E-state index < -0.39 is 0 Å². The number of benzene rings is 1. The fourth-order valence-electron chi connectivity index (χ4n) is 5.40. The molecule has 1 amide bonds. The smallest absolute Gasteiger partial charge is 0.253 e. The lowest BCUT2D eigenvalue weighted by atomic mass is 9.84. The molecule has 5 rings (SSSR count). The molecule has 166 valence electrons. The van der Waals surface area contributed by atoms with Crippen molar-refractivity contribution in [1.29, 1.82) is 5.26 Å². The Balaban J connectivity index is 1.11. The second-order valence-electron chi connectivity index (χ2n) is 9.33. The van der Waals surface area contributed by atoms with E-state index in [1.54, 1.807) is 6.20 Å². The number of likely N-dealkylation sites (tertiary alicyclic amines) is 1. The SMILES string of the molecule is N#Cc1cccnc1N1CCN(C2CN(C(=O)c3ccc(C4CCCCC4)cc3)C2)CC1. The summed E-state index contributed by atoms with van der Waals surface area (Å²) in [6, 6.07) is 14.7. The van der Waals surface area contributed by atoms with Crippen LogP contribution in [0.15, 0.2) is 42.6 Å². The van der Waals surface area contributed by atoms with E-state index >= 15 is 0 Å². The van der Waals surface area contributed by atoms with Gasteiger partial charge in [-0.2, -0.15) is 5.26 Å². The molecule has 3 heterocycles. The first-order valence-electron chi connectivity index (χ1n) is 12.0. The number of nitriles is 1. The predicted octanol–water partition coefficient (Wildman–Crippen LogP) is 3.65. The highest BCUT2D eigenvalue weighted by Crippen LogP contribution is 2.33. The van der Waals surface area contributed by atoms with Gasteiger partial charge in [-0.25, -0.2) is 4.98 Å².